The maximum absolute atomic E-state index is 11.8. The number of carbonyl (C=O) groups is 1. The van der Waals surface area contributed by atoms with E-state index >= 15 is 0 Å². The Morgan fingerprint density at radius 1 is 1.07 bits per heavy atom. The highest BCUT2D eigenvalue weighted by molar-refractivity contribution is 5.94. The summed E-state index contributed by atoms with van der Waals surface area (Å²) >= 11 is 0. The van der Waals surface area contributed by atoms with Crippen LogP contribution in [0.5, 0.6) is 0 Å². The molecule has 1 amide bonds. The Bertz CT molecular complexity index is 812. The van der Waals surface area contributed by atoms with Crippen molar-refractivity contribution in [3.63, 3.8) is 0 Å². The Morgan fingerprint density at radius 2 is 1.86 bits per heavy atom. The summed E-state index contributed by atoms with van der Waals surface area (Å²) in [5.41, 5.74) is 3.28. The fourth-order valence-electron chi connectivity index (χ4n) is 3.68. The van der Waals surface area contributed by atoms with Gasteiger partial charge in [-0.15, -0.1) is 0 Å². The first-order valence-corrected chi connectivity index (χ1v) is 10.1. The fraction of sp³-hybridized carbons (Fsp3) is 0.391. The molecule has 28 heavy (non-hydrogen) atoms. The van der Waals surface area contributed by atoms with Crippen LogP contribution in [0, 0.1) is 0 Å². The van der Waals surface area contributed by atoms with Gasteiger partial charge >= 0.3 is 0 Å². The molecule has 2 aromatic rings. The average molecular weight is 379 g/mol. The van der Waals surface area contributed by atoms with Gasteiger partial charge in [-0.05, 0) is 43.0 Å². The van der Waals surface area contributed by atoms with Crippen molar-refractivity contribution < 1.29 is 4.79 Å². The van der Waals surface area contributed by atoms with Gasteiger partial charge in [-0.1, -0.05) is 48.9 Å². The first-order valence-electron chi connectivity index (χ1n) is 10.1. The number of aliphatic imine (C=N–C) groups is 1. The Morgan fingerprint density at radius 3 is 2.50 bits per heavy atom. The SMILES string of the molecule is CCNC(=NCc1cccc(C(=O)NC)c1)NCC1(c2ccccc2)CCC1. The van der Waals surface area contributed by atoms with E-state index in [9.17, 15) is 4.79 Å². The van der Waals surface area contributed by atoms with Crippen LogP contribution in [0.4, 0.5) is 0 Å². The van der Waals surface area contributed by atoms with Gasteiger partial charge in [0, 0.05) is 31.1 Å². The largest absolute Gasteiger partial charge is 0.357 e. The van der Waals surface area contributed by atoms with Crippen molar-refractivity contribution in [1.82, 2.24) is 16.0 Å². The van der Waals surface area contributed by atoms with Crippen molar-refractivity contribution in [2.45, 2.75) is 38.1 Å². The lowest BCUT2D eigenvalue weighted by atomic mass is 9.64. The van der Waals surface area contributed by atoms with Crippen molar-refractivity contribution in [3.8, 4) is 0 Å². The topological polar surface area (TPSA) is 65.5 Å². The van der Waals surface area contributed by atoms with Crippen LogP contribution >= 0.6 is 0 Å². The van der Waals surface area contributed by atoms with E-state index in [4.69, 9.17) is 4.99 Å². The summed E-state index contributed by atoms with van der Waals surface area (Å²) < 4.78 is 0. The Hall–Kier alpha value is -2.82. The molecule has 2 aromatic carbocycles. The number of rotatable bonds is 7. The molecule has 0 radical (unpaired) electrons. The maximum Gasteiger partial charge on any atom is 0.251 e. The second kappa shape index (κ2) is 9.40. The first kappa shape index (κ1) is 19.9. The molecule has 0 unspecified atom stereocenters. The van der Waals surface area contributed by atoms with Crippen LogP contribution in [0.2, 0.25) is 0 Å². The standard InChI is InChI=1S/C23H30N4O/c1-3-25-22(26-16-18-9-7-10-19(15-18)21(28)24-2)27-17-23(13-8-14-23)20-11-5-4-6-12-20/h4-7,9-12,15H,3,8,13-14,16-17H2,1-2H3,(H,24,28)(H2,25,26,27). The minimum Gasteiger partial charge on any atom is -0.357 e. The molecule has 1 aliphatic carbocycles. The van der Waals surface area contributed by atoms with Crippen LogP contribution in [0.15, 0.2) is 59.6 Å². The smallest absolute Gasteiger partial charge is 0.251 e. The van der Waals surface area contributed by atoms with E-state index in [1.54, 1.807) is 7.05 Å². The highest BCUT2D eigenvalue weighted by Crippen LogP contribution is 2.43. The van der Waals surface area contributed by atoms with Gasteiger partial charge < -0.3 is 16.0 Å². The molecule has 1 saturated carbocycles. The number of nitrogens with zero attached hydrogens (tertiary/aromatic N) is 1. The van der Waals surface area contributed by atoms with E-state index < -0.39 is 0 Å². The van der Waals surface area contributed by atoms with Crippen LogP contribution in [0.1, 0.15) is 47.7 Å². The molecule has 5 nitrogen and oxygen atoms in total. The predicted molar refractivity (Wildman–Crippen MR) is 115 cm³/mol. The molecule has 148 valence electrons. The molecule has 3 N–H and O–H groups in total. The van der Waals surface area contributed by atoms with Crippen molar-refractivity contribution in [1.29, 1.82) is 0 Å². The zero-order chi connectivity index (χ0) is 19.8. The van der Waals surface area contributed by atoms with Crippen LogP contribution in [0.3, 0.4) is 0 Å². The summed E-state index contributed by atoms with van der Waals surface area (Å²) in [6.07, 6.45) is 3.69. The van der Waals surface area contributed by atoms with Crippen molar-refractivity contribution >= 4 is 11.9 Å². The third-order valence-corrected chi connectivity index (χ3v) is 5.47. The normalized spacial score (nSPS) is 15.4. The molecule has 3 rings (SSSR count). The van der Waals surface area contributed by atoms with Gasteiger partial charge in [-0.3, -0.25) is 4.79 Å². The first-order chi connectivity index (χ1) is 13.7. The zero-order valence-corrected chi connectivity index (χ0v) is 16.8. The minimum atomic E-state index is -0.0781. The number of amides is 1. The van der Waals surface area contributed by atoms with Gasteiger partial charge in [0.2, 0.25) is 0 Å². The summed E-state index contributed by atoms with van der Waals surface area (Å²) in [6.45, 7) is 4.28. The summed E-state index contributed by atoms with van der Waals surface area (Å²) in [5.74, 6) is 0.737. The van der Waals surface area contributed by atoms with Crippen LogP contribution < -0.4 is 16.0 Å². The van der Waals surface area contributed by atoms with Crippen molar-refractivity contribution in [2.24, 2.45) is 4.99 Å². The molecule has 5 heteroatoms. The number of hydrogen-bond acceptors (Lipinski definition) is 2. The Balaban J connectivity index is 1.67. The van der Waals surface area contributed by atoms with Gasteiger partial charge in [0.1, 0.15) is 0 Å². The maximum atomic E-state index is 11.8. The zero-order valence-electron chi connectivity index (χ0n) is 16.8. The lowest BCUT2D eigenvalue weighted by molar-refractivity contribution is 0.0963. The van der Waals surface area contributed by atoms with Crippen LogP contribution in [-0.2, 0) is 12.0 Å². The molecule has 0 aliphatic heterocycles. The second-order valence-electron chi connectivity index (χ2n) is 7.33. The molecule has 0 spiro atoms. The van der Waals surface area contributed by atoms with Crippen molar-refractivity contribution in [3.05, 3.63) is 71.3 Å². The number of benzene rings is 2. The van der Waals surface area contributed by atoms with E-state index in [1.165, 1.54) is 24.8 Å². The third-order valence-electron chi connectivity index (χ3n) is 5.47. The van der Waals surface area contributed by atoms with E-state index in [-0.39, 0.29) is 11.3 Å². The average Bonchev–Trinajstić information content (AvgIpc) is 2.71. The highest BCUT2D eigenvalue weighted by atomic mass is 16.1. The summed E-state index contributed by atoms with van der Waals surface area (Å²) in [4.78, 5) is 16.5. The summed E-state index contributed by atoms with van der Waals surface area (Å²) in [7, 11) is 1.64. The molecular weight excluding hydrogens is 348 g/mol. The molecule has 1 fully saturated rings. The lowest BCUT2D eigenvalue weighted by Gasteiger charge is -2.43. The van der Waals surface area contributed by atoms with Gasteiger partial charge in [0.25, 0.3) is 5.91 Å². The van der Waals surface area contributed by atoms with Gasteiger partial charge in [0.05, 0.1) is 6.54 Å². The number of hydrogen-bond donors (Lipinski definition) is 3. The van der Waals surface area contributed by atoms with Gasteiger partial charge in [-0.2, -0.15) is 0 Å². The van der Waals surface area contributed by atoms with E-state index in [2.05, 4.69) is 53.2 Å². The third kappa shape index (κ3) is 4.71. The monoisotopic (exact) mass is 378 g/mol. The minimum absolute atomic E-state index is 0.0781. The summed E-state index contributed by atoms with van der Waals surface area (Å²) in [5, 5.41) is 9.53. The molecule has 0 saturated heterocycles. The Labute approximate surface area is 167 Å². The van der Waals surface area contributed by atoms with Crippen LogP contribution in [-0.4, -0.2) is 32.0 Å². The number of carbonyl (C=O) groups excluding carboxylic acids is 1. The fourth-order valence-corrected chi connectivity index (χ4v) is 3.68. The second-order valence-corrected chi connectivity index (χ2v) is 7.33. The van der Waals surface area contributed by atoms with E-state index in [0.717, 1.165) is 24.6 Å². The quantitative estimate of drug-likeness (QED) is 0.512. The summed E-state index contributed by atoms with van der Waals surface area (Å²) in [6, 6.07) is 18.4. The van der Waals surface area contributed by atoms with E-state index in [0.29, 0.717) is 12.1 Å². The predicted octanol–water partition coefficient (Wildman–Crippen LogP) is 3.22. The van der Waals surface area contributed by atoms with Crippen molar-refractivity contribution in [2.75, 3.05) is 20.1 Å². The van der Waals surface area contributed by atoms with Gasteiger partial charge in [-0.25, -0.2) is 4.99 Å². The lowest BCUT2D eigenvalue weighted by Crippen LogP contribution is -2.48. The van der Waals surface area contributed by atoms with Gasteiger partial charge in [0.15, 0.2) is 5.96 Å². The molecule has 0 atom stereocenters. The molecule has 1 aliphatic rings. The molecule has 0 bridgehead atoms. The number of nitrogens with one attached hydrogen (secondary N) is 3. The van der Waals surface area contributed by atoms with E-state index in [1.807, 2.05) is 24.3 Å². The highest BCUT2D eigenvalue weighted by Gasteiger charge is 2.38. The van der Waals surface area contributed by atoms with Crippen LogP contribution in [0.25, 0.3) is 0 Å². The number of guanidine groups is 1. The Kier molecular flexibility index (Phi) is 6.69. The molecule has 0 heterocycles. The molecular formula is C23H30N4O. The molecule has 0 aromatic heterocycles.